The van der Waals surface area contributed by atoms with Crippen LogP contribution < -0.4 is 9.47 Å². The highest BCUT2D eigenvalue weighted by Gasteiger charge is 2.38. The Morgan fingerprint density at radius 3 is 2.71 bits per heavy atom. The Bertz CT molecular complexity index is 1250. The van der Waals surface area contributed by atoms with Gasteiger partial charge in [0, 0.05) is 5.92 Å². The highest BCUT2D eigenvalue weighted by molar-refractivity contribution is 9.10. The van der Waals surface area contributed by atoms with Gasteiger partial charge in [-0.15, -0.1) is 0 Å². The minimum absolute atomic E-state index is 0.0396. The number of hydrazone groups is 1. The highest BCUT2D eigenvalue weighted by atomic mass is 79.9. The lowest BCUT2D eigenvalue weighted by Gasteiger charge is -2.20. The quantitative estimate of drug-likeness (QED) is 0.428. The molecule has 35 heavy (non-hydrogen) atoms. The molecule has 1 amide bonds. The predicted octanol–water partition coefficient (Wildman–Crippen LogP) is 6.24. The second-order valence-corrected chi connectivity index (χ2v) is 10.4. The number of hydrogen-bond acceptors (Lipinski definition) is 6. The number of aliphatic imine (C=N–C) groups is 1. The summed E-state index contributed by atoms with van der Waals surface area (Å²) in [5, 5.41) is 16.3. The number of carbonyl (C=O) groups is 1. The van der Waals surface area contributed by atoms with Crippen molar-refractivity contribution in [2.45, 2.75) is 38.7 Å². The maximum absolute atomic E-state index is 12.8. The molecule has 9 heteroatoms. The maximum atomic E-state index is 12.8. The molecule has 1 N–H and O–H groups in total. The lowest BCUT2D eigenvalue weighted by Crippen LogP contribution is -2.35. The van der Waals surface area contributed by atoms with E-state index >= 15 is 0 Å². The Morgan fingerprint density at radius 1 is 1.20 bits per heavy atom. The fraction of sp³-hybridized carbons (Fsp3) is 0.308. The van der Waals surface area contributed by atoms with Gasteiger partial charge in [0.05, 0.1) is 17.2 Å². The number of halogens is 1. The number of fused-ring (bicyclic) bond motifs is 1. The average molecular weight is 553 g/mol. The number of amidine groups is 2. The Balaban J connectivity index is 1.39. The summed E-state index contributed by atoms with van der Waals surface area (Å²) in [6.07, 6.45) is 7.50. The molecule has 2 heterocycles. The summed E-state index contributed by atoms with van der Waals surface area (Å²) < 4.78 is 12.3. The number of amides is 1. The zero-order chi connectivity index (χ0) is 24.4. The smallest absolute Gasteiger partial charge is 0.283 e. The van der Waals surface area contributed by atoms with Gasteiger partial charge in [0.25, 0.3) is 5.91 Å². The van der Waals surface area contributed by atoms with E-state index in [4.69, 9.17) is 14.9 Å². The molecule has 1 fully saturated rings. The van der Waals surface area contributed by atoms with Crippen LogP contribution in [0.15, 0.2) is 62.6 Å². The summed E-state index contributed by atoms with van der Waals surface area (Å²) in [6, 6.07) is 13.5. The van der Waals surface area contributed by atoms with Gasteiger partial charge >= 0.3 is 0 Å². The van der Waals surface area contributed by atoms with Crippen molar-refractivity contribution in [3.05, 3.63) is 63.6 Å². The first kappa shape index (κ1) is 23.8. The summed E-state index contributed by atoms with van der Waals surface area (Å²) >= 11 is 4.99. The van der Waals surface area contributed by atoms with Gasteiger partial charge in [-0.3, -0.25) is 10.2 Å². The van der Waals surface area contributed by atoms with E-state index < -0.39 is 5.91 Å². The third kappa shape index (κ3) is 5.06. The summed E-state index contributed by atoms with van der Waals surface area (Å²) in [5.74, 6) is 1.09. The van der Waals surface area contributed by atoms with Gasteiger partial charge in [0.15, 0.2) is 17.3 Å². The van der Waals surface area contributed by atoms with E-state index in [2.05, 4.69) is 26.0 Å². The van der Waals surface area contributed by atoms with E-state index in [0.717, 1.165) is 23.4 Å². The van der Waals surface area contributed by atoms with E-state index in [1.54, 1.807) is 19.3 Å². The fourth-order valence-electron chi connectivity index (χ4n) is 4.38. The number of methoxy groups -OCH3 is 1. The number of nitrogens with zero attached hydrogens (tertiary/aromatic N) is 3. The molecule has 0 atom stereocenters. The van der Waals surface area contributed by atoms with Gasteiger partial charge in [0.1, 0.15) is 11.7 Å². The van der Waals surface area contributed by atoms with Gasteiger partial charge in [-0.2, -0.15) is 15.1 Å². The fourth-order valence-corrected chi connectivity index (χ4v) is 6.01. The first-order valence-corrected chi connectivity index (χ1v) is 13.2. The van der Waals surface area contributed by atoms with E-state index in [-0.39, 0.29) is 11.4 Å². The highest BCUT2D eigenvalue weighted by Crippen LogP contribution is 2.39. The monoisotopic (exact) mass is 552 g/mol. The Labute approximate surface area is 216 Å². The minimum Gasteiger partial charge on any atom is -0.493 e. The molecule has 0 spiro atoms. The van der Waals surface area contributed by atoms with Crippen LogP contribution >= 0.6 is 27.7 Å². The van der Waals surface area contributed by atoms with Crippen LogP contribution in [0.25, 0.3) is 6.08 Å². The van der Waals surface area contributed by atoms with Crippen molar-refractivity contribution in [1.29, 1.82) is 5.41 Å². The standard InChI is InChI=1S/C26H25BrN4O3S/c1-33-21-14-17(13-20(27)22(21)34-15-16-8-4-2-5-9-16)12-19-23(28)31-26(29-24(19)32)35-25(30-31)18-10-6-3-7-11-18/h2,4-5,8-9,12-14,18,28H,3,6-7,10-11,15H2,1H3/b19-12+,28-23?. The lowest BCUT2D eigenvalue weighted by atomic mass is 9.90. The number of ether oxygens (including phenoxy) is 2. The van der Waals surface area contributed by atoms with Crippen molar-refractivity contribution in [2.24, 2.45) is 16.0 Å². The zero-order valence-electron chi connectivity index (χ0n) is 19.3. The molecule has 0 radical (unpaired) electrons. The third-order valence-corrected chi connectivity index (χ3v) is 7.87. The van der Waals surface area contributed by atoms with E-state index in [9.17, 15) is 4.79 Å². The van der Waals surface area contributed by atoms with Gasteiger partial charge in [-0.1, -0.05) is 49.6 Å². The number of hydrogen-bond donors (Lipinski definition) is 1. The summed E-state index contributed by atoms with van der Waals surface area (Å²) in [7, 11) is 1.57. The molecule has 2 aromatic carbocycles. The first-order chi connectivity index (χ1) is 17.0. The van der Waals surface area contributed by atoms with E-state index in [0.29, 0.717) is 39.2 Å². The molecule has 0 saturated heterocycles. The molecule has 2 aliphatic heterocycles. The molecule has 0 bridgehead atoms. The van der Waals surface area contributed by atoms with Crippen LogP contribution in [-0.4, -0.2) is 34.1 Å². The minimum atomic E-state index is -0.437. The molecule has 1 aliphatic carbocycles. The van der Waals surface area contributed by atoms with Gasteiger partial charge in [-0.05, 0) is 69.9 Å². The Morgan fingerprint density at radius 2 is 1.97 bits per heavy atom. The molecular formula is C26H25BrN4O3S. The van der Waals surface area contributed by atoms with Crippen molar-refractivity contribution in [3.8, 4) is 11.5 Å². The van der Waals surface area contributed by atoms with Crippen LogP contribution in [0.1, 0.15) is 43.2 Å². The number of nitrogens with one attached hydrogen (secondary N) is 1. The summed E-state index contributed by atoms with van der Waals surface area (Å²) in [6.45, 7) is 0.394. The second-order valence-electron chi connectivity index (χ2n) is 8.60. The molecule has 0 unspecified atom stereocenters. The number of carbonyl (C=O) groups excluding carboxylic acids is 1. The Kier molecular flexibility index (Phi) is 7.06. The van der Waals surface area contributed by atoms with Crippen LogP contribution in [0.5, 0.6) is 11.5 Å². The van der Waals surface area contributed by atoms with Crippen LogP contribution in [0.4, 0.5) is 0 Å². The SMILES string of the molecule is COc1cc(/C=C2\C(=N)N3N=C(C4CCCCC4)SC3=NC2=O)cc(Br)c1OCc1ccccc1. The molecule has 0 aromatic heterocycles. The molecule has 5 rings (SSSR count). The number of rotatable bonds is 6. The lowest BCUT2D eigenvalue weighted by molar-refractivity contribution is -0.114. The van der Waals surface area contributed by atoms with Crippen molar-refractivity contribution >= 4 is 55.7 Å². The average Bonchev–Trinajstić information content (AvgIpc) is 3.31. The van der Waals surface area contributed by atoms with Crippen LogP contribution in [0.3, 0.4) is 0 Å². The van der Waals surface area contributed by atoms with Crippen LogP contribution in [-0.2, 0) is 11.4 Å². The molecule has 3 aliphatic rings. The number of benzene rings is 2. The molecular weight excluding hydrogens is 528 g/mol. The van der Waals surface area contributed by atoms with Gasteiger partial charge in [0.2, 0.25) is 5.17 Å². The topological polar surface area (TPSA) is 87.3 Å². The van der Waals surface area contributed by atoms with Crippen molar-refractivity contribution in [2.75, 3.05) is 7.11 Å². The summed E-state index contributed by atoms with van der Waals surface area (Å²) in [4.78, 5) is 17.1. The molecule has 7 nitrogen and oxygen atoms in total. The largest absolute Gasteiger partial charge is 0.493 e. The predicted molar refractivity (Wildman–Crippen MR) is 143 cm³/mol. The van der Waals surface area contributed by atoms with Crippen LogP contribution in [0, 0.1) is 11.3 Å². The zero-order valence-corrected chi connectivity index (χ0v) is 21.7. The second kappa shape index (κ2) is 10.4. The molecule has 1 saturated carbocycles. The van der Waals surface area contributed by atoms with Gasteiger partial charge in [-0.25, -0.2) is 0 Å². The summed E-state index contributed by atoms with van der Waals surface area (Å²) in [5.41, 5.74) is 1.92. The first-order valence-electron chi connectivity index (χ1n) is 11.6. The normalized spacial score (nSPS) is 19.5. The van der Waals surface area contributed by atoms with Crippen molar-refractivity contribution in [3.63, 3.8) is 0 Å². The van der Waals surface area contributed by atoms with Crippen LogP contribution in [0.2, 0.25) is 0 Å². The van der Waals surface area contributed by atoms with E-state index in [1.807, 2.05) is 36.4 Å². The third-order valence-electron chi connectivity index (χ3n) is 6.21. The van der Waals surface area contributed by atoms with Crippen molar-refractivity contribution in [1.82, 2.24) is 5.01 Å². The molecule has 180 valence electrons. The van der Waals surface area contributed by atoms with Gasteiger partial charge < -0.3 is 9.47 Å². The molecule has 2 aromatic rings. The maximum Gasteiger partial charge on any atom is 0.283 e. The Hall–Kier alpha value is -2.91. The van der Waals surface area contributed by atoms with Crippen molar-refractivity contribution < 1.29 is 14.3 Å². The van der Waals surface area contributed by atoms with E-state index in [1.165, 1.54) is 36.0 Å². The number of thioether (sulfide) groups is 1.